The van der Waals surface area contributed by atoms with E-state index in [-0.39, 0.29) is 12.3 Å². The number of fused-ring (bicyclic) bond motifs is 1. The van der Waals surface area contributed by atoms with Crippen molar-refractivity contribution < 1.29 is 23.4 Å². The van der Waals surface area contributed by atoms with Gasteiger partial charge in [-0.05, 0) is 26.0 Å². The molecule has 2 aromatic heterocycles. The Balaban J connectivity index is 1.58. The van der Waals surface area contributed by atoms with Crippen molar-refractivity contribution >= 4 is 28.7 Å². The zero-order valence-electron chi connectivity index (χ0n) is 13.1. The number of aryl methyl sites for hydroxylation is 1. The van der Waals surface area contributed by atoms with E-state index < -0.39 is 18.0 Å². The van der Waals surface area contributed by atoms with E-state index in [2.05, 4.69) is 15.6 Å². The van der Waals surface area contributed by atoms with E-state index in [0.717, 1.165) is 5.39 Å². The van der Waals surface area contributed by atoms with Gasteiger partial charge < -0.3 is 13.8 Å². The Labute approximate surface area is 136 Å². The van der Waals surface area contributed by atoms with Gasteiger partial charge in [-0.15, -0.1) is 0 Å². The van der Waals surface area contributed by atoms with Crippen LogP contribution in [-0.2, 0) is 20.7 Å². The zero-order valence-corrected chi connectivity index (χ0v) is 13.1. The van der Waals surface area contributed by atoms with E-state index in [4.69, 9.17) is 13.8 Å². The minimum atomic E-state index is -0.985. The van der Waals surface area contributed by atoms with Gasteiger partial charge in [-0.25, -0.2) is 0 Å². The van der Waals surface area contributed by atoms with E-state index in [0.29, 0.717) is 17.0 Å². The van der Waals surface area contributed by atoms with E-state index in [1.807, 2.05) is 12.1 Å². The number of esters is 1. The molecular weight excluding hydrogens is 314 g/mol. The van der Waals surface area contributed by atoms with Crippen LogP contribution in [0, 0.1) is 6.92 Å². The number of rotatable bonds is 5. The summed E-state index contributed by atoms with van der Waals surface area (Å²) < 4.78 is 15.1. The molecule has 3 rings (SSSR count). The lowest BCUT2D eigenvalue weighted by molar-refractivity contribution is -0.152. The van der Waals surface area contributed by atoms with Gasteiger partial charge in [-0.1, -0.05) is 22.4 Å². The average molecular weight is 329 g/mol. The highest BCUT2D eigenvalue weighted by atomic mass is 16.5. The van der Waals surface area contributed by atoms with Gasteiger partial charge in [0.05, 0.1) is 12.1 Å². The van der Waals surface area contributed by atoms with E-state index in [1.54, 1.807) is 25.1 Å². The van der Waals surface area contributed by atoms with Crippen molar-refractivity contribution in [1.82, 2.24) is 10.3 Å². The Morgan fingerprint density at radius 3 is 2.79 bits per heavy atom. The molecule has 2 heterocycles. The van der Waals surface area contributed by atoms with Gasteiger partial charge >= 0.3 is 5.97 Å². The fourth-order valence-corrected chi connectivity index (χ4v) is 2.14. The van der Waals surface area contributed by atoms with Crippen molar-refractivity contribution in [3.05, 3.63) is 41.7 Å². The van der Waals surface area contributed by atoms with Gasteiger partial charge in [0.1, 0.15) is 5.69 Å². The van der Waals surface area contributed by atoms with Gasteiger partial charge in [0.2, 0.25) is 5.88 Å². The van der Waals surface area contributed by atoms with Crippen LogP contribution in [0.5, 0.6) is 0 Å². The molecular formula is C16H15N3O5. The van der Waals surface area contributed by atoms with E-state index >= 15 is 0 Å². The van der Waals surface area contributed by atoms with Crippen molar-refractivity contribution in [3.63, 3.8) is 0 Å². The largest absolute Gasteiger partial charge is 0.452 e. The minimum absolute atomic E-state index is 0.0873. The minimum Gasteiger partial charge on any atom is -0.452 e. The Kier molecular flexibility index (Phi) is 4.28. The highest BCUT2D eigenvalue weighted by Crippen LogP contribution is 2.18. The topological polar surface area (TPSA) is 107 Å². The Hall–Kier alpha value is -3.16. The third-order valence-corrected chi connectivity index (χ3v) is 3.32. The quantitative estimate of drug-likeness (QED) is 0.715. The first-order valence-electron chi connectivity index (χ1n) is 7.30. The third kappa shape index (κ3) is 3.43. The molecule has 8 nitrogen and oxygen atoms in total. The lowest BCUT2D eigenvalue weighted by atomic mass is 10.2. The van der Waals surface area contributed by atoms with Crippen LogP contribution in [0.2, 0.25) is 0 Å². The molecule has 0 aliphatic carbocycles. The molecule has 124 valence electrons. The number of aromatic nitrogens is 2. The summed E-state index contributed by atoms with van der Waals surface area (Å²) in [7, 11) is 0. The second kappa shape index (κ2) is 6.53. The molecule has 1 aromatic carbocycles. The molecule has 8 heteroatoms. The molecule has 0 spiro atoms. The van der Waals surface area contributed by atoms with Gasteiger partial charge in [0.15, 0.2) is 11.7 Å². The molecule has 0 saturated carbocycles. The highest BCUT2D eigenvalue weighted by molar-refractivity contribution is 5.94. The summed E-state index contributed by atoms with van der Waals surface area (Å²) in [6.45, 7) is 3.20. The Bertz CT molecular complexity index is 883. The lowest BCUT2D eigenvalue weighted by Gasteiger charge is -2.11. The smallest absolute Gasteiger partial charge is 0.312 e. The van der Waals surface area contributed by atoms with Crippen molar-refractivity contribution in [2.24, 2.45) is 0 Å². The lowest BCUT2D eigenvalue weighted by Crippen LogP contribution is -2.30. The summed E-state index contributed by atoms with van der Waals surface area (Å²) in [6.07, 6.45) is -1.07. The molecule has 0 saturated heterocycles. The summed E-state index contributed by atoms with van der Waals surface area (Å²) in [5.41, 5.74) is 1.69. The normalized spacial score (nSPS) is 12.1. The van der Waals surface area contributed by atoms with Crippen LogP contribution >= 0.6 is 0 Å². The first-order chi connectivity index (χ1) is 11.5. The molecule has 3 aromatic rings. The Morgan fingerprint density at radius 2 is 2.04 bits per heavy atom. The highest BCUT2D eigenvalue weighted by Gasteiger charge is 2.21. The maximum atomic E-state index is 12.0. The number of hydrogen-bond donors (Lipinski definition) is 1. The first kappa shape index (κ1) is 15.7. The molecule has 24 heavy (non-hydrogen) atoms. The molecule has 0 fully saturated rings. The standard InChI is InChI=1S/C16H15N3O5/c1-9-7-14(24-18-9)17-16(21)10(2)22-15(20)8-12-11-5-3-4-6-13(11)23-19-12/h3-7,10H,8H2,1-2H3,(H,17,21)/t10-/m1/s1. The molecule has 0 unspecified atom stereocenters. The molecule has 0 radical (unpaired) electrons. The van der Waals surface area contributed by atoms with Gasteiger partial charge in [0.25, 0.3) is 5.91 Å². The van der Waals surface area contributed by atoms with Crippen molar-refractivity contribution in [3.8, 4) is 0 Å². The monoisotopic (exact) mass is 329 g/mol. The second-order valence-electron chi connectivity index (χ2n) is 5.26. The molecule has 0 bridgehead atoms. The van der Waals surface area contributed by atoms with E-state index in [1.165, 1.54) is 6.92 Å². The summed E-state index contributed by atoms with van der Waals surface area (Å²) in [6, 6.07) is 8.76. The molecule has 1 amide bonds. The Morgan fingerprint density at radius 1 is 1.25 bits per heavy atom. The summed E-state index contributed by atoms with van der Waals surface area (Å²) in [5.74, 6) is -0.891. The summed E-state index contributed by atoms with van der Waals surface area (Å²) >= 11 is 0. The number of nitrogens with zero attached hydrogens (tertiary/aromatic N) is 2. The van der Waals surface area contributed by atoms with Crippen molar-refractivity contribution in [2.45, 2.75) is 26.4 Å². The first-order valence-corrected chi connectivity index (χ1v) is 7.30. The molecule has 0 aliphatic heterocycles. The number of hydrogen-bond acceptors (Lipinski definition) is 7. The third-order valence-electron chi connectivity index (χ3n) is 3.32. The predicted octanol–water partition coefficient (Wildman–Crippen LogP) is 2.24. The van der Waals surface area contributed by atoms with Crippen LogP contribution in [0.15, 0.2) is 39.4 Å². The number of anilines is 1. The number of ether oxygens (including phenoxy) is 1. The van der Waals surface area contributed by atoms with E-state index in [9.17, 15) is 9.59 Å². The molecule has 0 aliphatic rings. The van der Waals surface area contributed by atoms with Crippen LogP contribution < -0.4 is 5.32 Å². The fraction of sp³-hybridized carbons (Fsp3) is 0.250. The maximum absolute atomic E-state index is 12.0. The molecule has 1 N–H and O–H groups in total. The number of carbonyl (C=O) groups is 2. The van der Waals surface area contributed by atoms with Crippen LogP contribution in [0.4, 0.5) is 5.88 Å². The van der Waals surface area contributed by atoms with Gasteiger partial charge in [-0.2, -0.15) is 0 Å². The SMILES string of the molecule is Cc1cc(NC(=O)[C@@H](C)OC(=O)Cc2noc3ccccc23)on1. The fourth-order valence-electron chi connectivity index (χ4n) is 2.14. The van der Waals surface area contributed by atoms with Crippen LogP contribution in [0.25, 0.3) is 11.0 Å². The summed E-state index contributed by atoms with van der Waals surface area (Å²) in [4.78, 5) is 24.0. The van der Waals surface area contributed by atoms with Crippen LogP contribution in [-0.4, -0.2) is 28.3 Å². The maximum Gasteiger partial charge on any atom is 0.312 e. The zero-order chi connectivity index (χ0) is 17.1. The number of carbonyl (C=O) groups excluding carboxylic acids is 2. The number of nitrogens with one attached hydrogen (secondary N) is 1. The summed E-state index contributed by atoms with van der Waals surface area (Å²) in [5, 5.41) is 10.7. The second-order valence-corrected chi connectivity index (χ2v) is 5.26. The average Bonchev–Trinajstić information content (AvgIpc) is 3.14. The number of para-hydroxylation sites is 1. The van der Waals surface area contributed by atoms with Crippen LogP contribution in [0.3, 0.4) is 0 Å². The molecule has 1 atom stereocenters. The number of amides is 1. The van der Waals surface area contributed by atoms with Crippen molar-refractivity contribution in [2.75, 3.05) is 5.32 Å². The predicted molar refractivity (Wildman–Crippen MR) is 83.1 cm³/mol. The number of benzene rings is 1. The van der Waals surface area contributed by atoms with Gasteiger partial charge in [0, 0.05) is 11.5 Å². The van der Waals surface area contributed by atoms with Crippen LogP contribution in [0.1, 0.15) is 18.3 Å². The van der Waals surface area contributed by atoms with Crippen molar-refractivity contribution in [1.29, 1.82) is 0 Å². The van der Waals surface area contributed by atoms with Gasteiger partial charge in [-0.3, -0.25) is 14.9 Å².